The van der Waals surface area contributed by atoms with Crippen LogP contribution in [0.4, 0.5) is 31.1 Å². The summed E-state index contributed by atoms with van der Waals surface area (Å²) in [6.07, 6.45) is -14.4. The van der Waals surface area contributed by atoms with E-state index in [2.05, 4.69) is 15.2 Å². The maximum atomic E-state index is 13.6. The molecular formula is C24H22ClF6N5O5. The SMILES string of the molecule is NC(=O)OCCC(NC(=O)Cn1nc(-c2ccc(Cl)cc2)n(C[C@H](O)C(F)(F)F)c1=O)c1ccccc1C(F)(F)F. The summed E-state index contributed by atoms with van der Waals surface area (Å²) >= 11 is 5.84. The van der Waals surface area contributed by atoms with E-state index in [1.165, 1.54) is 30.3 Å². The summed E-state index contributed by atoms with van der Waals surface area (Å²) in [5.41, 5.74) is 2.35. The Bertz CT molecular complexity index is 1440. The Morgan fingerprint density at radius 3 is 2.29 bits per heavy atom. The monoisotopic (exact) mass is 609 g/mol. The minimum absolute atomic E-state index is 0.126. The number of aliphatic hydroxyl groups excluding tert-OH is 1. The highest BCUT2D eigenvalue weighted by Crippen LogP contribution is 2.35. The van der Waals surface area contributed by atoms with Gasteiger partial charge in [0.2, 0.25) is 5.91 Å². The van der Waals surface area contributed by atoms with Gasteiger partial charge in [-0.15, -0.1) is 5.10 Å². The van der Waals surface area contributed by atoms with Gasteiger partial charge in [0.05, 0.1) is 24.8 Å². The second-order valence-corrected chi connectivity index (χ2v) is 9.04. The fourth-order valence-corrected chi connectivity index (χ4v) is 3.94. The smallest absolute Gasteiger partial charge is 0.416 e. The van der Waals surface area contributed by atoms with Gasteiger partial charge in [-0.05, 0) is 35.9 Å². The van der Waals surface area contributed by atoms with Gasteiger partial charge in [-0.25, -0.2) is 14.3 Å². The van der Waals surface area contributed by atoms with Crippen molar-refractivity contribution in [1.29, 1.82) is 0 Å². The zero-order valence-corrected chi connectivity index (χ0v) is 21.5. The Morgan fingerprint density at radius 2 is 1.71 bits per heavy atom. The first-order chi connectivity index (χ1) is 19.1. The number of hydrogen-bond donors (Lipinski definition) is 3. The molecule has 0 bridgehead atoms. The summed E-state index contributed by atoms with van der Waals surface area (Å²) in [5.74, 6) is -1.38. The van der Waals surface area contributed by atoms with E-state index in [9.17, 15) is 45.8 Å². The molecule has 1 aromatic heterocycles. The summed E-state index contributed by atoms with van der Waals surface area (Å²) in [4.78, 5) is 36.8. The van der Waals surface area contributed by atoms with E-state index < -0.39 is 67.4 Å². The highest BCUT2D eigenvalue weighted by atomic mass is 35.5. The quantitative estimate of drug-likeness (QED) is 0.300. The van der Waals surface area contributed by atoms with E-state index in [1.807, 2.05) is 0 Å². The molecule has 1 unspecified atom stereocenters. The van der Waals surface area contributed by atoms with Crippen LogP contribution in [0.25, 0.3) is 11.4 Å². The molecule has 0 radical (unpaired) electrons. The first-order valence-electron chi connectivity index (χ1n) is 11.6. The Hall–Kier alpha value is -4.05. The number of ether oxygens (including phenoxy) is 1. The largest absolute Gasteiger partial charge is 0.450 e. The molecule has 17 heteroatoms. The van der Waals surface area contributed by atoms with Crippen molar-refractivity contribution < 1.29 is 45.8 Å². The number of aliphatic hydroxyl groups is 1. The lowest BCUT2D eigenvalue weighted by Gasteiger charge is -2.23. The lowest BCUT2D eigenvalue weighted by molar-refractivity contribution is -0.207. The maximum Gasteiger partial charge on any atom is 0.416 e. The molecule has 0 aliphatic rings. The number of nitrogens with zero attached hydrogens (tertiary/aromatic N) is 3. The molecule has 0 spiro atoms. The van der Waals surface area contributed by atoms with E-state index in [0.717, 1.165) is 18.2 Å². The fraction of sp³-hybridized carbons (Fsp3) is 0.333. The Labute approximate surface area is 232 Å². The van der Waals surface area contributed by atoms with Gasteiger partial charge in [0.15, 0.2) is 11.9 Å². The number of rotatable bonds is 10. The molecule has 0 aliphatic carbocycles. The third kappa shape index (κ3) is 8.23. The number of nitrogens with two attached hydrogens (primary N) is 1. The normalized spacial score (nSPS) is 13.5. The van der Waals surface area contributed by atoms with Crippen LogP contribution in [-0.2, 0) is 28.8 Å². The predicted molar refractivity (Wildman–Crippen MR) is 131 cm³/mol. The van der Waals surface area contributed by atoms with Crippen LogP contribution in [0.15, 0.2) is 53.3 Å². The van der Waals surface area contributed by atoms with Gasteiger partial charge in [-0.3, -0.25) is 9.36 Å². The summed E-state index contributed by atoms with van der Waals surface area (Å²) < 4.78 is 85.6. The number of nitrogens with one attached hydrogen (secondary N) is 1. The number of alkyl halides is 6. The van der Waals surface area contributed by atoms with Gasteiger partial charge >= 0.3 is 24.1 Å². The zero-order chi connectivity index (χ0) is 30.5. The maximum absolute atomic E-state index is 13.6. The van der Waals surface area contributed by atoms with Crippen LogP contribution < -0.4 is 16.7 Å². The molecule has 2 amide bonds. The number of aromatic nitrogens is 3. The third-order valence-corrected chi connectivity index (χ3v) is 5.93. The molecule has 0 saturated carbocycles. The number of primary amides is 1. The van der Waals surface area contributed by atoms with Gasteiger partial charge < -0.3 is 20.9 Å². The highest BCUT2D eigenvalue weighted by Gasteiger charge is 2.39. The molecule has 0 aliphatic heterocycles. The van der Waals surface area contributed by atoms with E-state index in [4.69, 9.17) is 17.3 Å². The molecule has 10 nitrogen and oxygen atoms in total. The number of carbonyl (C=O) groups excluding carboxylic acids is 2. The van der Waals surface area contributed by atoms with Crippen LogP contribution in [-0.4, -0.2) is 50.3 Å². The molecule has 0 fully saturated rings. The first kappa shape index (κ1) is 31.5. The number of hydrogen-bond acceptors (Lipinski definition) is 6. The summed E-state index contributed by atoms with van der Waals surface area (Å²) in [6, 6.07) is 8.32. The Morgan fingerprint density at radius 1 is 1.07 bits per heavy atom. The van der Waals surface area contributed by atoms with E-state index in [-0.39, 0.29) is 28.4 Å². The Kier molecular flexibility index (Phi) is 9.70. The van der Waals surface area contributed by atoms with Crippen LogP contribution >= 0.6 is 11.6 Å². The standard InChI is InChI=1S/C24H22ClF6N5O5/c25-14-7-5-13(6-8-14)20-34-36(22(40)35(20)11-18(37)24(29,30)31)12-19(38)33-17(9-10-41-21(32)39)15-3-1-2-4-16(15)23(26,27)28/h1-8,17-18,37H,9-12H2,(H2,32,39)(H,33,38)/t17?,18-/m0/s1. The summed E-state index contributed by atoms with van der Waals surface area (Å²) in [7, 11) is 0. The van der Waals surface area contributed by atoms with E-state index in [1.54, 1.807) is 0 Å². The lowest BCUT2D eigenvalue weighted by atomic mass is 9.97. The zero-order valence-electron chi connectivity index (χ0n) is 20.7. The van der Waals surface area contributed by atoms with Gasteiger partial charge in [0.25, 0.3) is 0 Å². The molecule has 0 saturated heterocycles. The van der Waals surface area contributed by atoms with Crippen molar-refractivity contribution in [3.05, 3.63) is 75.2 Å². The molecule has 2 aromatic carbocycles. The number of halogens is 7. The molecule has 41 heavy (non-hydrogen) atoms. The number of carbonyl (C=O) groups is 2. The van der Waals surface area contributed by atoms with Crippen molar-refractivity contribution in [2.45, 2.75) is 44.0 Å². The van der Waals surface area contributed by atoms with Crippen LogP contribution in [0.3, 0.4) is 0 Å². The second kappa shape index (κ2) is 12.6. The van der Waals surface area contributed by atoms with Gasteiger partial charge in [-0.2, -0.15) is 26.3 Å². The molecule has 4 N–H and O–H groups in total. The number of benzene rings is 2. The van der Waals surface area contributed by atoms with E-state index in [0.29, 0.717) is 9.25 Å². The van der Waals surface area contributed by atoms with Gasteiger partial charge in [0, 0.05) is 17.0 Å². The minimum atomic E-state index is -5.08. The third-order valence-electron chi connectivity index (χ3n) is 5.68. The average Bonchev–Trinajstić information content (AvgIpc) is 3.17. The van der Waals surface area contributed by atoms with Crippen molar-refractivity contribution in [3.8, 4) is 11.4 Å². The first-order valence-corrected chi connectivity index (χ1v) is 12.0. The molecule has 2 atom stereocenters. The summed E-state index contributed by atoms with van der Waals surface area (Å²) in [6.45, 7) is -2.65. The van der Waals surface area contributed by atoms with Crippen LogP contribution in [0.2, 0.25) is 5.02 Å². The molecule has 222 valence electrons. The van der Waals surface area contributed by atoms with Crippen LogP contribution in [0, 0.1) is 0 Å². The van der Waals surface area contributed by atoms with Gasteiger partial charge in [-0.1, -0.05) is 29.8 Å². The molecule has 3 rings (SSSR count). The highest BCUT2D eigenvalue weighted by molar-refractivity contribution is 6.30. The van der Waals surface area contributed by atoms with Crippen molar-refractivity contribution in [1.82, 2.24) is 19.7 Å². The van der Waals surface area contributed by atoms with Crippen LogP contribution in [0.5, 0.6) is 0 Å². The molecule has 1 heterocycles. The average molecular weight is 610 g/mol. The fourth-order valence-electron chi connectivity index (χ4n) is 3.82. The van der Waals surface area contributed by atoms with Gasteiger partial charge in [0.1, 0.15) is 6.54 Å². The van der Waals surface area contributed by atoms with Crippen molar-refractivity contribution in [2.75, 3.05) is 6.61 Å². The predicted octanol–water partition coefficient (Wildman–Crippen LogP) is 3.65. The minimum Gasteiger partial charge on any atom is -0.450 e. The lowest BCUT2D eigenvalue weighted by Crippen LogP contribution is -2.39. The second-order valence-electron chi connectivity index (χ2n) is 8.60. The topological polar surface area (TPSA) is 141 Å². The van der Waals surface area contributed by atoms with Crippen molar-refractivity contribution >= 4 is 23.6 Å². The number of amides is 2. The van der Waals surface area contributed by atoms with E-state index >= 15 is 0 Å². The Balaban J connectivity index is 1.95. The molecule has 3 aromatic rings. The van der Waals surface area contributed by atoms with Crippen LogP contribution in [0.1, 0.15) is 23.6 Å². The molecular weight excluding hydrogens is 588 g/mol. The van der Waals surface area contributed by atoms with Crippen molar-refractivity contribution in [3.63, 3.8) is 0 Å². The summed E-state index contributed by atoms with van der Waals surface area (Å²) in [5, 5.41) is 16.1. The van der Waals surface area contributed by atoms with Crippen molar-refractivity contribution in [2.24, 2.45) is 5.73 Å².